The van der Waals surface area contributed by atoms with E-state index >= 15 is 0 Å². The monoisotopic (exact) mass is 320 g/mol. The molecule has 1 aromatic carbocycles. The molecule has 1 fully saturated rings. The maximum atomic E-state index is 13.1. The third-order valence-electron chi connectivity index (χ3n) is 3.30. The van der Waals surface area contributed by atoms with Gasteiger partial charge in [-0.3, -0.25) is 0 Å². The van der Waals surface area contributed by atoms with E-state index in [9.17, 15) is 9.50 Å². The van der Waals surface area contributed by atoms with Crippen LogP contribution >= 0.6 is 35.1 Å². The summed E-state index contributed by atoms with van der Waals surface area (Å²) in [4.78, 5) is 0. The average molecular weight is 321 g/mol. The number of thioether (sulfide) groups is 2. The molecule has 1 saturated heterocycles. The van der Waals surface area contributed by atoms with Crippen LogP contribution in [0.2, 0.25) is 5.02 Å². The molecular weight excluding hydrogens is 303 g/mol. The Bertz CT molecular complexity index is 430. The molecule has 1 nitrogen and oxygen atoms in total. The van der Waals surface area contributed by atoms with Crippen LogP contribution in [-0.4, -0.2) is 33.2 Å². The number of halogens is 2. The Kier molecular flexibility index (Phi) is 5.87. The normalized spacial score (nSPS) is 25.3. The highest BCUT2D eigenvalue weighted by molar-refractivity contribution is 8.07. The van der Waals surface area contributed by atoms with Gasteiger partial charge in [-0.1, -0.05) is 24.6 Å². The van der Waals surface area contributed by atoms with Gasteiger partial charge < -0.3 is 5.11 Å². The van der Waals surface area contributed by atoms with Crippen LogP contribution in [0.3, 0.4) is 0 Å². The Hall–Kier alpha value is 0.1000. The van der Waals surface area contributed by atoms with Gasteiger partial charge in [0.1, 0.15) is 5.82 Å². The summed E-state index contributed by atoms with van der Waals surface area (Å²) in [6.45, 7) is 2.16. The van der Waals surface area contributed by atoms with Gasteiger partial charge in [-0.15, -0.1) is 0 Å². The van der Waals surface area contributed by atoms with Gasteiger partial charge in [0.15, 0.2) is 0 Å². The van der Waals surface area contributed by atoms with E-state index in [2.05, 4.69) is 6.92 Å². The highest BCUT2D eigenvalue weighted by Gasteiger charge is 2.30. The van der Waals surface area contributed by atoms with Crippen LogP contribution in [-0.2, 0) is 6.42 Å². The maximum Gasteiger partial charge on any atom is 0.141 e. The second-order valence-electron chi connectivity index (χ2n) is 4.67. The lowest BCUT2D eigenvalue weighted by Crippen LogP contribution is -2.37. The number of hydrogen-bond donors (Lipinski definition) is 1. The van der Waals surface area contributed by atoms with Gasteiger partial charge in [-0.2, -0.15) is 23.5 Å². The van der Waals surface area contributed by atoms with Crippen molar-refractivity contribution in [3.8, 4) is 0 Å². The average Bonchev–Trinajstić information content (AvgIpc) is 2.43. The summed E-state index contributed by atoms with van der Waals surface area (Å²) in [5.74, 6) is 1.84. The summed E-state index contributed by atoms with van der Waals surface area (Å²) in [6.07, 6.45) is 1.21. The molecular formula is C14H18ClFOS2. The summed E-state index contributed by atoms with van der Waals surface area (Å²) in [6, 6.07) is 4.68. The van der Waals surface area contributed by atoms with Crippen molar-refractivity contribution < 1.29 is 9.50 Å². The van der Waals surface area contributed by atoms with E-state index in [-0.39, 0.29) is 10.3 Å². The Morgan fingerprint density at radius 1 is 1.42 bits per heavy atom. The van der Waals surface area contributed by atoms with Gasteiger partial charge in [-0.05, 0) is 30.5 Å². The smallest absolute Gasteiger partial charge is 0.141 e. The molecule has 0 bridgehead atoms. The van der Waals surface area contributed by atoms with Crippen molar-refractivity contribution in [2.45, 2.75) is 36.4 Å². The van der Waals surface area contributed by atoms with Gasteiger partial charge in [0.2, 0.25) is 0 Å². The summed E-state index contributed by atoms with van der Waals surface area (Å²) in [5, 5.41) is 11.3. The molecule has 3 atom stereocenters. The van der Waals surface area contributed by atoms with E-state index in [0.717, 1.165) is 23.5 Å². The fraction of sp³-hybridized carbons (Fsp3) is 0.571. The topological polar surface area (TPSA) is 20.2 Å². The summed E-state index contributed by atoms with van der Waals surface area (Å²) >= 11 is 9.57. The third-order valence-corrected chi connectivity index (χ3v) is 6.98. The predicted molar refractivity (Wildman–Crippen MR) is 83.9 cm³/mol. The molecule has 0 aromatic heterocycles. The van der Waals surface area contributed by atoms with E-state index < -0.39 is 11.9 Å². The molecule has 2 rings (SSSR count). The lowest BCUT2D eigenvalue weighted by molar-refractivity contribution is 0.169. The zero-order valence-electron chi connectivity index (χ0n) is 10.8. The van der Waals surface area contributed by atoms with Crippen molar-refractivity contribution in [3.63, 3.8) is 0 Å². The minimum absolute atomic E-state index is 0.127. The minimum atomic E-state index is -0.408. The Labute approximate surface area is 127 Å². The summed E-state index contributed by atoms with van der Waals surface area (Å²) < 4.78 is 13.1. The number of hydrogen-bond acceptors (Lipinski definition) is 3. The lowest BCUT2D eigenvalue weighted by Gasteiger charge is -2.33. The Balaban J connectivity index is 2.02. The molecule has 1 heterocycles. The first-order valence-corrected chi connectivity index (χ1v) is 8.94. The maximum absolute atomic E-state index is 13.1. The molecule has 0 radical (unpaired) electrons. The standard InChI is InChI=1S/C14H18ClFOS2/c1-2-13-14(19-6-5-18-13)12(17)8-9-3-4-11(16)10(15)7-9/h3-4,7,12-14,17H,2,5-6,8H2,1H3. The van der Waals surface area contributed by atoms with E-state index in [0.29, 0.717) is 11.7 Å². The molecule has 3 unspecified atom stereocenters. The van der Waals surface area contributed by atoms with Crippen molar-refractivity contribution in [2.75, 3.05) is 11.5 Å². The molecule has 1 aliphatic heterocycles. The molecule has 0 aliphatic carbocycles. The summed E-state index contributed by atoms with van der Waals surface area (Å²) in [7, 11) is 0. The van der Waals surface area contributed by atoms with Gasteiger partial charge in [-0.25, -0.2) is 4.39 Å². The van der Waals surface area contributed by atoms with Crippen molar-refractivity contribution >= 4 is 35.1 Å². The second kappa shape index (κ2) is 7.21. The highest BCUT2D eigenvalue weighted by atomic mass is 35.5. The fourth-order valence-electron chi connectivity index (χ4n) is 2.32. The van der Waals surface area contributed by atoms with Crippen molar-refractivity contribution in [1.29, 1.82) is 0 Å². The van der Waals surface area contributed by atoms with Gasteiger partial charge in [0.25, 0.3) is 0 Å². The van der Waals surface area contributed by atoms with Gasteiger partial charge in [0.05, 0.1) is 11.1 Å². The van der Waals surface area contributed by atoms with Crippen LogP contribution in [0.1, 0.15) is 18.9 Å². The molecule has 1 aromatic rings. The zero-order valence-corrected chi connectivity index (χ0v) is 13.2. The second-order valence-corrected chi connectivity index (χ2v) is 7.71. The van der Waals surface area contributed by atoms with E-state index in [1.54, 1.807) is 12.1 Å². The summed E-state index contributed by atoms with van der Waals surface area (Å²) in [5.41, 5.74) is 0.893. The Morgan fingerprint density at radius 2 is 2.16 bits per heavy atom. The largest absolute Gasteiger partial charge is 0.392 e. The molecule has 106 valence electrons. The zero-order chi connectivity index (χ0) is 13.8. The third kappa shape index (κ3) is 4.03. The van der Waals surface area contributed by atoms with Crippen LogP contribution < -0.4 is 0 Å². The number of benzene rings is 1. The van der Waals surface area contributed by atoms with Crippen molar-refractivity contribution in [1.82, 2.24) is 0 Å². The number of rotatable bonds is 4. The molecule has 0 spiro atoms. The van der Waals surface area contributed by atoms with Crippen molar-refractivity contribution in [2.24, 2.45) is 0 Å². The fourth-order valence-corrected chi connectivity index (χ4v) is 5.67. The van der Waals surface area contributed by atoms with Crippen LogP contribution in [0.4, 0.5) is 4.39 Å². The van der Waals surface area contributed by atoms with Crippen molar-refractivity contribution in [3.05, 3.63) is 34.6 Å². The minimum Gasteiger partial charge on any atom is -0.392 e. The first-order valence-electron chi connectivity index (χ1n) is 6.47. The first-order chi connectivity index (χ1) is 9.11. The molecule has 1 aliphatic rings. The molecule has 5 heteroatoms. The number of aliphatic hydroxyl groups is 1. The van der Waals surface area contributed by atoms with Crippen LogP contribution in [0.25, 0.3) is 0 Å². The molecule has 0 saturated carbocycles. The van der Waals surface area contributed by atoms with E-state index in [1.807, 2.05) is 23.5 Å². The molecule has 19 heavy (non-hydrogen) atoms. The van der Waals surface area contributed by atoms with Crippen LogP contribution in [0.15, 0.2) is 18.2 Å². The molecule has 0 amide bonds. The van der Waals surface area contributed by atoms with Crippen LogP contribution in [0.5, 0.6) is 0 Å². The highest BCUT2D eigenvalue weighted by Crippen LogP contribution is 2.36. The van der Waals surface area contributed by atoms with Gasteiger partial charge in [0, 0.05) is 22.0 Å². The first kappa shape index (κ1) is 15.5. The van der Waals surface area contributed by atoms with E-state index in [4.69, 9.17) is 11.6 Å². The van der Waals surface area contributed by atoms with Crippen LogP contribution in [0, 0.1) is 5.82 Å². The van der Waals surface area contributed by atoms with E-state index in [1.165, 1.54) is 6.07 Å². The van der Waals surface area contributed by atoms with Gasteiger partial charge >= 0.3 is 0 Å². The lowest BCUT2D eigenvalue weighted by atomic mass is 10.0. The molecule has 1 N–H and O–H groups in total. The predicted octanol–water partition coefficient (Wildman–Crippen LogP) is 4.01. The SMILES string of the molecule is CCC1SCCSC1C(O)Cc1ccc(F)c(Cl)c1. The Morgan fingerprint density at radius 3 is 2.84 bits per heavy atom. The quantitative estimate of drug-likeness (QED) is 0.905. The number of aliphatic hydroxyl groups excluding tert-OH is 1.